The summed E-state index contributed by atoms with van der Waals surface area (Å²) in [5.41, 5.74) is -0.653. The Balaban J connectivity index is 2.62. The normalized spacial score (nSPS) is 10.9. The second kappa shape index (κ2) is 2.79. The van der Waals surface area contributed by atoms with E-state index < -0.39 is 10.9 Å². The summed E-state index contributed by atoms with van der Waals surface area (Å²) < 4.78 is 0. The molecule has 0 saturated carbocycles. The fourth-order valence-corrected chi connectivity index (χ4v) is 2.40. The van der Waals surface area contributed by atoms with Crippen LogP contribution in [0.3, 0.4) is 0 Å². The Labute approximate surface area is 83.1 Å². The van der Waals surface area contributed by atoms with E-state index in [0.717, 1.165) is 9.75 Å². The van der Waals surface area contributed by atoms with Crippen molar-refractivity contribution in [2.75, 3.05) is 0 Å². The van der Waals surface area contributed by atoms with Crippen LogP contribution >= 0.6 is 22.9 Å². The van der Waals surface area contributed by atoms with Gasteiger partial charge < -0.3 is 0 Å². The van der Waals surface area contributed by atoms with Gasteiger partial charge in [0.25, 0.3) is 0 Å². The summed E-state index contributed by atoms with van der Waals surface area (Å²) in [6.45, 7) is 1.94. The zero-order valence-corrected chi connectivity index (χ0v) is 8.33. The van der Waals surface area contributed by atoms with Crippen molar-refractivity contribution in [1.29, 1.82) is 0 Å². The molecule has 1 aromatic heterocycles. The molecule has 13 heavy (non-hydrogen) atoms. The van der Waals surface area contributed by atoms with Gasteiger partial charge in [-0.05, 0) is 19.1 Å². The van der Waals surface area contributed by atoms with Crippen LogP contribution in [-0.4, -0.2) is 0 Å². The third-order valence-electron chi connectivity index (χ3n) is 1.84. The lowest BCUT2D eigenvalue weighted by molar-refractivity contribution is 1.43. The third-order valence-corrected chi connectivity index (χ3v) is 3.22. The monoisotopic (exact) mass is 212 g/mol. The number of hydrogen-bond acceptors (Lipinski definition) is 3. The predicted octanol–water partition coefficient (Wildman–Crippen LogP) is 1.97. The molecule has 0 atom stereocenters. The number of hydrogen-bond donors (Lipinski definition) is 0. The molecule has 0 spiro atoms. The highest BCUT2D eigenvalue weighted by Gasteiger charge is 2.21. The van der Waals surface area contributed by atoms with E-state index >= 15 is 0 Å². The first-order valence-corrected chi connectivity index (χ1v) is 4.86. The average molecular weight is 213 g/mol. The van der Waals surface area contributed by atoms with Crippen LogP contribution in [0.4, 0.5) is 0 Å². The van der Waals surface area contributed by atoms with Gasteiger partial charge in [0.2, 0.25) is 10.9 Å². The van der Waals surface area contributed by atoms with Crippen LogP contribution in [-0.2, 0) is 0 Å². The molecule has 0 saturated heterocycles. The summed E-state index contributed by atoms with van der Waals surface area (Å²) in [6.07, 6.45) is 0. The fraction of sp³-hybridized carbons (Fsp3) is 0.111. The van der Waals surface area contributed by atoms with Crippen molar-refractivity contribution >= 4 is 22.9 Å². The number of halogens is 1. The molecule has 1 heterocycles. The summed E-state index contributed by atoms with van der Waals surface area (Å²) in [6, 6.07) is 3.70. The lowest BCUT2D eigenvalue weighted by Crippen LogP contribution is -2.32. The van der Waals surface area contributed by atoms with E-state index in [1.54, 1.807) is 0 Å². The Morgan fingerprint density at radius 2 is 1.92 bits per heavy atom. The molecule has 0 radical (unpaired) electrons. The van der Waals surface area contributed by atoms with Crippen molar-refractivity contribution in [2.24, 2.45) is 0 Å². The van der Waals surface area contributed by atoms with Crippen molar-refractivity contribution < 1.29 is 0 Å². The van der Waals surface area contributed by atoms with Gasteiger partial charge in [-0.3, -0.25) is 9.59 Å². The van der Waals surface area contributed by atoms with E-state index in [1.807, 2.05) is 19.1 Å². The van der Waals surface area contributed by atoms with Gasteiger partial charge in [0.15, 0.2) is 0 Å². The van der Waals surface area contributed by atoms with Crippen LogP contribution in [0.5, 0.6) is 0 Å². The molecule has 2 nitrogen and oxygen atoms in total. The lowest BCUT2D eigenvalue weighted by Gasteiger charge is -2.00. The van der Waals surface area contributed by atoms with Crippen molar-refractivity contribution in [3.8, 4) is 10.4 Å². The summed E-state index contributed by atoms with van der Waals surface area (Å²) in [7, 11) is 0. The molecule has 1 aromatic carbocycles. The molecular weight excluding hydrogens is 208 g/mol. The van der Waals surface area contributed by atoms with Gasteiger partial charge in [0.05, 0.1) is 5.56 Å². The topological polar surface area (TPSA) is 34.1 Å². The summed E-state index contributed by atoms with van der Waals surface area (Å²) in [5, 5.41) is 0.0758. The molecule has 66 valence electrons. The number of thiophene rings is 1. The molecule has 0 aliphatic rings. The highest BCUT2D eigenvalue weighted by atomic mass is 35.5. The molecule has 2 rings (SSSR count). The van der Waals surface area contributed by atoms with Crippen molar-refractivity contribution in [3.05, 3.63) is 42.5 Å². The first kappa shape index (κ1) is 8.66. The molecule has 4 heteroatoms. The Morgan fingerprint density at radius 1 is 1.23 bits per heavy atom. The summed E-state index contributed by atoms with van der Waals surface area (Å²) >= 11 is 7.09. The van der Waals surface area contributed by atoms with E-state index in [-0.39, 0.29) is 5.02 Å². The van der Waals surface area contributed by atoms with Gasteiger partial charge in [-0.2, -0.15) is 0 Å². The van der Waals surface area contributed by atoms with Crippen LogP contribution in [0.1, 0.15) is 4.88 Å². The zero-order valence-electron chi connectivity index (χ0n) is 6.76. The molecule has 0 aliphatic carbocycles. The maximum Gasteiger partial charge on any atom is 0.245 e. The molecule has 0 bridgehead atoms. The van der Waals surface area contributed by atoms with Gasteiger partial charge >= 0.3 is 0 Å². The molecule has 0 N–H and O–H groups in total. The maximum atomic E-state index is 11.1. The molecule has 0 fully saturated rings. The molecular formula is C9H5ClO2S. The quantitative estimate of drug-likeness (QED) is 0.678. The van der Waals surface area contributed by atoms with Crippen molar-refractivity contribution in [2.45, 2.75) is 6.92 Å². The molecule has 0 aliphatic heterocycles. The minimum Gasteiger partial charge on any atom is -0.285 e. The van der Waals surface area contributed by atoms with Gasteiger partial charge in [-0.15, -0.1) is 11.3 Å². The molecule has 0 amide bonds. The second-order valence-corrected chi connectivity index (χ2v) is 4.42. The minimum atomic E-state index is -0.567. The first-order chi connectivity index (χ1) is 6.11. The SMILES string of the molecule is Cc1ccc(-c2c(Cl)c(=O)c2=O)s1. The van der Waals surface area contributed by atoms with E-state index in [9.17, 15) is 9.59 Å². The van der Waals surface area contributed by atoms with Gasteiger partial charge in [0.1, 0.15) is 5.02 Å². The molecule has 2 aromatic rings. The first-order valence-electron chi connectivity index (χ1n) is 3.67. The zero-order chi connectivity index (χ0) is 9.59. The van der Waals surface area contributed by atoms with Gasteiger partial charge in [-0.25, -0.2) is 0 Å². The Morgan fingerprint density at radius 3 is 2.38 bits per heavy atom. The van der Waals surface area contributed by atoms with E-state index in [1.165, 1.54) is 11.3 Å². The third kappa shape index (κ3) is 1.16. The van der Waals surface area contributed by atoms with Gasteiger partial charge in [0, 0.05) is 9.75 Å². The Hall–Kier alpha value is -0.930. The largest absolute Gasteiger partial charge is 0.285 e. The number of aryl methyl sites for hydroxylation is 1. The fourth-order valence-electron chi connectivity index (χ4n) is 1.15. The van der Waals surface area contributed by atoms with Crippen molar-refractivity contribution in [3.63, 3.8) is 0 Å². The Bertz CT molecular complexity index is 532. The van der Waals surface area contributed by atoms with E-state index in [4.69, 9.17) is 11.6 Å². The average Bonchev–Trinajstić information content (AvgIpc) is 2.51. The van der Waals surface area contributed by atoms with Crippen molar-refractivity contribution in [1.82, 2.24) is 0 Å². The molecule has 0 unspecified atom stereocenters. The summed E-state index contributed by atoms with van der Waals surface area (Å²) in [5.74, 6) is 0. The Kier molecular flexibility index (Phi) is 1.86. The standard InChI is InChI=1S/C9H5ClO2S/c1-4-2-3-5(13-4)6-7(10)9(12)8(6)11/h2-3H,1H3. The van der Waals surface area contributed by atoms with Crippen LogP contribution in [0.2, 0.25) is 5.02 Å². The van der Waals surface area contributed by atoms with Crippen LogP contribution < -0.4 is 10.9 Å². The predicted molar refractivity (Wildman–Crippen MR) is 54.4 cm³/mol. The highest BCUT2D eigenvalue weighted by molar-refractivity contribution is 7.15. The smallest absolute Gasteiger partial charge is 0.245 e. The lowest BCUT2D eigenvalue weighted by atomic mass is 10.1. The maximum absolute atomic E-state index is 11.1. The summed E-state index contributed by atoms with van der Waals surface area (Å²) in [4.78, 5) is 23.8. The number of rotatable bonds is 1. The van der Waals surface area contributed by atoms with Crippen LogP contribution in [0.15, 0.2) is 21.7 Å². The highest BCUT2D eigenvalue weighted by Crippen LogP contribution is 2.29. The second-order valence-electron chi connectivity index (χ2n) is 2.76. The van der Waals surface area contributed by atoms with E-state index in [2.05, 4.69) is 0 Å². The van der Waals surface area contributed by atoms with Crippen LogP contribution in [0.25, 0.3) is 10.4 Å². The van der Waals surface area contributed by atoms with E-state index in [0.29, 0.717) is 5.56 Å². The minimum absolute atomic E-state index is 0.0758. The van der Waals surface area contributed by atoms with Crippen LogP contribution in [0, 0.1) is 6.92 Å². The van der Waals surface area contributed by atoms with Gasteiger partial charge in [-0.1, -0.05) is 11.6 Å².